The summed E-state index contributed by atoms with van der Waals surface area (Å²) in [6.45, 7) is 0.813. The third kappa shape index (κ3) is 3.54. The summed E-state index contributed by atoms with van der Waals surface area (Å²) >= 11 is 1.60. The van der Waals surface area contributed by atoms with Gasteiger partial charge in [-0.15, -0.1) is 11.3 Å². The number of carbonyl (C=O) groups is 1. The zero-order chi connectivity index (χ0) is 15.4. The molecule has 0 radical (unpaired) electrons. The third-order valence-electron chi connectivity index (χ3n) is 4.04. The monoisotopic (exact) mass is 316 g/mol. The number of rotatable bonds is 5. The standard InChI is InChI=1S/C17H20N2O2S/c20-11-15-7-4-8-19(15)17(21)10-14-12-22-16(18-14)9-13-5-2-1-3-6-13/h1-3,5-6,12,15,20H,4,7-11H2/t15-/m1/s1. The number of hydrogen-bond acceptors (Lipinski definition) is 4. The van der Waals surface area contributed by atoms with Gasteiger partial charge < -0.3 is 10.0 Å². The van der Waals surface area contributed by atoms with Gasteiger partial charge in [-0.25, -0.2) is 4.98 Å². The maximum absolute atomic E-state index is 12.3. The molecule has 2 heterocycles. The van der Waals surface area contributed by atoms with Gasteiger partial charge in [-0.2, -0.15) is 0 Å². The highest BCUT2D eigenvalue weighted by atomic mass is 32.1. The number of aliphatic hydroxyl groups excluding tert-OH is 1. The molecule has 1 atom stereocenters. The van der Waals surface area contributed by atoms with Crippen LogP contribution in [-0.2, 0) is 17.6 Å². The van der Waals surface area contributed by atoms with E-state index in [1.54, 1.807) is 16.2 Å². The molecule has 1 N–H and O–H groups in total. The molecule has 1 aromatic heterocycles. The van der Waals surface area contributed by atoms with Crippen LogP contribution in [0, 0.1) is 0 Å². The Morgan fingerprint density at radius 2 is 2.18 bits per heavy atom. The van der Waals surface area contributed by atoms with Gasteiger partial charge in [-0.1, -0.05) is 30.3 Å². The largest absolute Gasteiger partial charge is 0.394 e. The van der Waals surface area contributed by atoms with Gasteiger partial charge in [0, 0.05) is 18.3 Å². The minimum absolute atomic E-state index is 0.00470. The Labute approximate surface area is 134 Å². The van der Waals surface area contributed by atoms with Crippen molar-refractivity contribution in [2.45, 2.75) is 31.7 Å². The molecule has 0 spiro atoms. The molecule has 0 aliphatic carbocycles. The van der Waals surface area contributed by atoms with Gasteiger partial charge in [0.25, 0.3) is 0 Å². The molecule has 116 valence electrons. The summed E-state index contributed by atoms with van der Waals surface area (Å²) in [5.74, 6) is 0.0770. The van der Waals surface area contributed by atoms with Crippen LogP contribution in [0.5, 0.6) is 0 Å². The maximum atomic E-state index is 12.3. The van der Waals surface area contributed by atoms with Crippen molar-refractivity contribution in [3.63, 3.8) is 0 Å². The van der Waals surface area contributed by atoms with Gasteiger partial charge in [0.1, 0.15) is 0 Å². The van der Waals surface area contributed by atoms with Crippen LogP contribution in [0.15, 0.2) is 35.7 Å². The fourth-order valence-corrected chi connectivity index (χ4v) is 3.72. The molecule has 5 heteroatoms. The number of nitrogens with zero attached hydrogens (tertiary/aromatic N) is 2. The highest BCUT2D eigenvalue weighted by Gasteiger charge is 2.28. The Balaban J connectivity index is 1.61. The lowest BCUT2D eigenvalue weighted by atomic mass is 10.2. The molecule has 1 aliphatic heterocycles. The highest BCUT2D eigenvalue weighted by Crippen LogP contribution is 2.20. The topological polar surface area (TPSA) is 53.4 Å². The second-order valence-electron chi connectivity index (χ2n) is 5.64. The average Bonchev–Trinajstić information content (AvgIpc) is 3.17. The Morgan fingerprint density at radius 1 is 1.36 bits per heavy atom. The molecule has 1 aliphatic rings. The molecule has 2 aromatic rings. The van der Waals surface area contributed by atoms with Gasteiger partial charge >= 0.3 is 0 Å². The molecule has 1 fully saturated rings. The Kier molecular flexibility index (Phi) is 4.85. The fourth-order valence-electron chi connectivity index (χ4n) is 2.89. The quantitative estimate of drug-likeness (QED) is 0.920. The Hall–Kier alpha value is -1.72. The zero-order valence-corrected chi connectivity index (χ0v) is 13.3. The van der Waals surface area contributed by atoms with Crippen molar-refractivity contribution < 1.29 is 9.90 Å². The summed E-state index contributed by atoms with van der Waals surface area (Å²) < 4.78 is 0. The van der Waals surface area contributed by atoms with Gasteiger partial charge in [0.15, 0.2) is 0 Å². The second-order valence-corrected chi connectivity index (χ2v) is 6.58. The maximum Gasteiger partial charge on any atom is 0.228 e. The van der Waals surface area contributed by atoms with E-state index in [1.165, 1.54) is 5.56 Å². The van der Waals surface area contributed by atoms with Crippen molar-refractivity contribution in [3.8, 4) is 0 Å². The molecular weight excluding hydrogens is 296 g/mol. The van der Waals surface area contributed by atoms with Crippen molar-refractivity contribution in [2.75, 3.05) is 13.2 Å². The van der Waals surface area contributed by atoms with E-state index in [0.29, 0.717) is 6.42 Å². The summed E-state index contributed by atoms with van der Waals surface area (Å²) in [5, 5.41) is 12.3. The number of likely N-dealkylation sites (tertiary alicyclic amines) is 1. The van der Waals surface area contributed by atoms with Crippen LogP contribution in [-0.4, -0.2) is 40.1 Å². The molecule has 1 amide bonds. The summed E-state index contributed by atoms with van der Waals surface area (Å²) in [4.78, 5) is 18.7. The van der Waals surface area contributed by atoms with E-state index in [0.717, 1.165) is 36.5 Å². The smallest absolute Gasteiger partial charge is 0.228 e. The van der Waals surface area contributed by atoms with Crippen molar-refractivity contribution in [1.82, 2.24) is 9.88 Å². The van der Waals surface area contributed by atoms with Crippen LogP contribution >= 0.6 is 11.3 Å². The van der Waals surface area contributed by atoms with Crippen LogP contribution < -0.4 is 0 Å². The average molecular weight is 316 g/mol. The summed E-state index contributed by atoms with van der Waals surface area (Å²) in [5.41, 5.74) is 2.07. The number of benzene rings is 1. The predicted octanol–water partition coefficient (Wildman–Crippen LogP) is 2.26. The van der Waals surface area contributed by atoms with E-state index in [-0.39, 0.29) is 18.6 Å². The van der Waals surface area contributed by atoms with Crippen LogP contribution in [0.4, 0.5) is 0 Å². The number of amides is 1. The van der Waals surface area contributed by atoms with Crippen molar-refractivity contribution in [2.24, 2.45) is 0 Å². The Morgan fingerprint density at radius 3 is 2.95 bits per heavy atom. The van der Waals surface area contributed by atoms with E-state index in [2.05, 4.69) is 17.1 Å². The highest BCUT2D eigenvalue weighted by molar-refractivity contribution is 7.09. The van der Waals surface area contributed by atoms with Crippen molar-refractivity contribution in [1.29, 1.82) is 0 Å². The van der Waals surface area contributed by atoms with Gasteiger partial charge in [-0.05, 0) is 18.4 Å². The molecule has 1 saturated heterocycles. The van der Waals surface area contributed by atoms with Crippen LogP contribution in [0.3, 0.4) is 0 Å². The lowest BCUT2D eigenvalue weighted by molar-refractivity contribution is -0.132. The first-order chi connectivity index (χ1) is 10.8. The first kappa shape index (κ1) is 15.2. The summed E-state index contributed by atoms with van der Waals surface area (Å²) in [6, 6.07) is 10.2. The number of carbonyl (C=O) groups excluding carboxylic acids is 1. The van der Waals surface area contributed by atoms with Gasteiger partial charge in [0.05, 0.1) is 29.8 Å². The minimum Gasteiger partial charge on any atom is -0.394 e. The second kappa shape index (κ2) is 7.03. The summed E-state index contributed by atoms with van der Waals surface area (Å²) in [6.07, 6.45) is 3.02. The molecule has 0 bridgehead atoms. The third-order valence-corrected chi connectivity index (χ3v) is 4.94. The SMILES string of the molecule is O=C(Cc1csc(Cc2ccccc2)n1)N1CCC[C@@H]1CO. The van der Waals surface area contributed by atoms with E-state index in [9.17, 15) is 9.90 Å². The van der Waals surface area contributed by atoms with Crippen LogP contribution in [0.25, 0.3) is 0 Å². The minimum atomic E-state index is -0.00470. The van der Waals surface area contributed by atoms with E-state index in [4.69, 9.17) is 0 Å². The van der Waals surface area contributed by atoms with Gasteiger partial charge in [-0.3, -0.25) is 4.79 Å². The lowest BCUT2D eigenvalue weighted by Crippen LogP contribution is -2.38. The van der Waals surface area contributed by atoms with Crippen LogP contribution in [0.1, 0.15) is 29.1 Å². The first-order valence-electron chi connectivity index (χ1n) is 7.64. The first-order valence-corrected chi connectivity index (χ1v) is 8.52. The fraction of sp³-hybridized carbons (Fsp3) is 0.412. The number of aliphatic hydroxyl groups is 1. The van der Waals surface area contributed by atoms with E-state index in [1.807, 2.05) is 23.6 Å². The molecule has 22 heavy (non-hydrogen) atoms. The lowest BCUT2D eigenvalue weighted by Gasteiger charge is -2.22. The number of thiazole rings is 1. The predicted molar refractivity (Wildman–Crippen MR) is 86.9 cm³/mol. The number of hydrogen-bond donors (Lipinski definition) is 1. The molecular formula is C17H20N2O2S. The molecule has 3 rings (SSSR count). The molecule has 0 unspecified atom stereocenters. The van der Waals surface area contributed by atoms with Crippen LogP contribution in [0.2, 0.25) is 0 Å². The molecule has 0 saturated carbocycles. The van der Waals surface area contributed by atoms with Gasteiger partial charge in [0.2, 0.25) is 5.91 Å². The normalized spacial score (nSPS) is 17.9. The van der Waals surface area contributed by atoms with E-state index < -0.39 is 0 Å². The summed E-state index contributed by atoms with van der Waals surface area (Å²) in [7, 11) is 0. The Bertz CT molecular complexity index is 627. The van der Waals surface area contributed by atoms with Crippen molar-refractivity contribution >= 4 is 17.2 Å². The number of aromatic nitrogens is 1. The van der Waals surface area contributed by atoms with E-state index >= 15 is 0 Å². The van der Waals surface area contributed by atoms with Crippen molar-refractivity contribution in [3.05, 3.63) is 52.0 Å². The zero-order valence-electron chi connectivity index (χ0n) is 12.4. The molecule has 4 nitrogen and oxygen atoms in total. The molecule has 1 aromatic carbocycles.